The molecule has 1 heterocycles. The van der Waals surface area contributed by atoms with Crippen LogP contribution in [0.3, 0.4) is 0 Å². The van der Waals surface area contributed by atoms with Gasteiger partial charge < -0.3 is 0 Å². The molecule has 0 aliphatic heterocycles. The fourth-order valence-corrected chi connectivity index (χ4v) is 2.98. The second-order valence-electron chi connectivity index (χ2n) is 2.39. The number of nitrogens with zero attached hydrogens (tertiary/aromatic N) is 1. The Kier molecular flexibility index (Phi) is 1.65. The third-order valence-electron chi connectivity index (χ3n) is 1.67. The second kappa shape index (κ2) is 2.67. The topological polar surface area (TPSA) is 44.0 Å². The Morgan fingerprint density at radius 2 is 2.08 bits per heavy atom. The molecule has 1 aromatic carbocycles. The van der Waals surface area contributed by atoms with E-state index in [0.29, 0.717) is 4.44 Å². The number of aromatic hydroxyl groups is 1. The zero-order valence-electron chi connectivity index (χ0n) is 6.11. The van der Waals surface area contributed by atoms with Crippen LogP contribution in [0.15, 0.2) is 24.3 Å². The van der Waals surface area contributed by atoms with Gasteiger partial charge in [-0.05, 0) is 0 Å². The fourth-order valence-electron chi connectivity index (χ4n) is 1.11. The number of fused-ring (bicyclic) bond motifs is 1. The van der Waals surface area contributed by atoms with E-state index in [2.05, 4.69) is 0 Å². The van der Waals surface area contributed by atoms with Crippen molar-refractivity contribution >= 4 is 24.1 Å². The van der Waals surface area contributed by atoms with E-state index in [1.54, 1.807) is 0 Å². The monoisotopic (exact) mass is 223 g/mol. The molecule has 0 aliphatic carbocycles. The molecule has 0 amide bonds. The zero-order chi connectivity index (χ0) is 8.55. The molecule has 3 heteroatoms. The van der Waals surface area contributed by atoms with Gasteiger partial charge in [0.05, 0.1) is 0 Å². The first-order valence-electron chi connectivity index (χ1n) is 3.43. The molecule has 0 fully saturated rings. The van der Waals surface area contributed by atoms with Crippen molar-refractivity contribution in [1.29, 1.82) is 5.26 Å². The van der Waals surface area contributed by atoms with E-state index in [9.17, 15) is 5.11 Å². The fraction of sp³-hybridized carbons (Fsp3) is 0. The van der Waals surface area contributed by atoms with Crippen molar-refractivity contribution in [2.24, 2.45) is 0 Å². The van der Waals surface area contributed by atoms with Gasteiger partial charge in [0.25, 0.3) is 0 Å². The summed E-state index contributed by atoms with van der Waals surface area (Å²) in [5, 5.41) is 19.0. The van der Waals surface area contributed by atoms with Gasteiger partial charge in [0, 0.05) is 0 Å². The molecular weight excluding hydrogens is 217 g/mol. The van der Waals surface area contributed by atoms with Crippen molar-refractivity contribution in [1.82, 2.24) is 0 Å². The van der Waals surface area contributed by atoms with Gasteiger partial charge in [0.2, 0.25) is 0 Å². The Morgan fingerprint density at radius 1 is 1.33 bits per heavy atom. The molecule has 0 spiro atoms. The van der Waals surface area contributed by atoms with Gasteiger partial charge in [-0.15, -0.1) is 0 Å². The molecule has 2 nitrogen and oxygen atoms in total. The first-order valence-corrected chi connectivity index (χ1v) is 5.15. The molecule has 1 N–H and O–H groups in total. The molecule has 0 bridgehead atoms. The van der Waals surface area contributed by atoms with Crippen LogP contribution in [0, 0.1) is 11.3 Å². The zero-order valence-corrected chi connectivity index (χ0v) is 7.83. The van der Waals surface area contributed by atoms with Crippen LogP contribution in [0.1, 0.15) is 4.44 Å². The standard InChI is InChI=1S/C9H5NOSe/c10-5-8-9(11)6-3-1-2-4-7(6)12-8/h1-4,11H. The van der Waals surface area contributed by atoms with Crippen molar-refractivity contribution < 1.29 is 5.11 Å². The maximum absolute atomic E-state index is 9.51. The van der Waals surface area contributed by atoms with E-state index in [1.807, 2.05) is 30.3 Å². The van der Waals surface area contributed by atoms with Crippen molar-refractivity contribution in [3.63, 3.8) is 0 Å². The average molecular weight is 222 g/mol. The third-order valence-corrected chi connectivity index (χ3v) is 3.90. The molecule has 0 aliphatic rings. The van der Waals surface area contributed by atoms with Crippen LogP contribution in [0.4, 0.5) is 0 Å². The van der Waals surface area contributed by atoms with Gasteiger partial charge in [0.1, 0.15) is 0 Å². The molecule has 58 valence electrons. The number of rotatable bonds is 0. The quantitative estimate of drug-likeness (QED) is 0.686. The molecule has 0 unspecified atom stereocenters. The summed E-state index contributed by atoms with van der Waals surface area (Å²) < 4.78 is 1.63. The Bertz CT molecular complexity index is 467. The molecule has 2 rings (SSSR count). The van der Waals surface area contributed by atoms with Crippen molar-refractivity contribution in [2.75, 3.05) is 0 Å². The average Bonchev–Trinajstić information content (AvgIpc) is 2.44. The minimum absolute atomic E-state index is 0.00935. The van der Waals surface area contributed by atoms with Gasteiger partial charge in [-0.3, -0.25) is 0 Å². The maximum atomic E-state index is 9.51. The summed E-state index contributed by atoms with van der Waals surface area (Å²) in [6, 6.07) is 9.61. The van der Waals surface area contributed by atoms with E-state index >= 15 is 0 Å². The van der Waals surface area contributed by atoms with Crippen molar-refractivity contribution in [2.45, 2.75) is 0 Å². The predicted octanol–water partition coefficient (Wildman–Crippen LogP) is 1.47. The van der Waals surface area contributed by atoms with Crippen molar-refractivity contribution in [3.05, 3.63) is 28.7 Å². The molecular formula is C9H5NOSe. The Labute approximate surface area is 75.4 Å². The summed E-state index contributed by atoms with van der Waals surface area (Å²) in [7, 11) is 0. The summed E-state index contributed by atoms with van der Waals surface area (Å²) in [4.78, 5) is 0. The molecule has 0 saturated heterocycles. The second-order valence-corrected chi connectivity index (χ2v) is 4.60. The summed E-state index contributed by atoms with van der Waals surface area (Å²) in [5.74, 6) is 0.174. The van der Waals surface area contributed by atoms with Crippen LogP contribution in [-0.2, 0) is 0 Å². The van der Waals surface area contributed by atoms with Gasteiger partial charge in [-0.1, -0.05) is 0 Å². The van der Waals surface area contributed by atoms with E-state index in [0.717, 1.165) is 9.65 Å². The van der Waals surface area contributed by atoms with Crippen LogP contribution in [-0.4, -0.2) is 19.6 Å². The van der Waals surface area contributed by atoms with Crippen LogP contribution in [0.5, 0.6) is 5.75 Å². The number of hydrogen-bond donors (Lipinski definition) is 1. The van der Waals surface area contributed by atoms with Gasteiger partial charge in [-0.2, -0.15) is 0 Å². The number of nitriles is 1. The third kappa shape index (κ3) is 0.937. The Balaban J connectivity index is 2.90. The SMILES string of the molecule is N#Cc1[se]c2ccccc2c1O. The first-order chi connectivity index (χ1) is 5.83. The Morgan fingerprint density at radius 3 is 2.75 bits per heavy atom. The first kappa shape index (κ1) is 7.42. The minimum atomic E-state index is 0.00935. The summed E-state index contributed by atoms with van der Waals surface area (Å²) >= 11 is 0.00935. The van der Waals surface area contributed by atoms with Crippen molar-refractivity contribution in [3.8, 4) is 11.8 Å². The number of hydrogen-bond acceptors (Lipinski definition) is 2. The molecule has 0 saturated carbocycles. The molecule has 12 heavy (non-hydrogen) atoms. The normalized spacial score (nSPS) is 9.92. The molecule has 0 radical (unpaired) electrons. The Hall–Kier alpha value is -1.23. The molecule has 1 aromatic heterocycles. The molecule has 0 atom stereocenters. The van der Waals surface area contributed by atoms with Gasteiger partial charge >= 0.3 is 75.0 Å². The van der Waals surface area contributed by atoms with E-state index in [4.69, 9.17) is 5.26 Å². The number of benzene rings is 1. The van der Waals surface area contributed by atoms with Gasteiger partial charge in [0.15, 0.2) is 0 Å². The summed E-state index contributed by atoms with van der Waals surface area (Å²) in [5.41, 5.74) is 0. The van der Waals surface area contributed by atoms with Gasteiger partial charge in [-0.25, -0.2) is 0 Å². The van der Waals surface area contributed by atoms with Crippen LogP contribution in [0.25, 0.3) is 9.65 Å². The van der Waals surface area contributed by atoms with E-state index in [-0.39, 0.29) is 20.3 Å². The predicted molar refractivity (Wildman–Crippen MR) is 47.3 cm³/mol. The molecule has 2 aromatic rings. The summed E-state index contributed by atoms with van der Waals surface area (Å²) in [6.45, 7) is 0. The van der Waals surface area contributed by atoms with Crippen LogP contribution in [0.2, 0.25) is 0 Å². The summed E-state index contributed by atoms with van der Waals surface area (Å²) in [6.07, 6.45) is 0. The van der Waals surface area contributed by atoms with Crippen LogP contribution >= 0.6 is 0 Å². The van der Waals surface area contributed by atoms with E-state index < -0.39 is 0 Å². The van der Waals surface area contributed by atoms with Crippen LogP contribution < -0.4 is 0 Å². The van der Waals surface area contributed by atoms with E-state index in [1.165, 1.54) is 0 Å².